The summed E-state index contributed by atoms with van der Waals surface area (Å²) in [4.78, 5) is 15.0. The maximum Gasteiger partial charge on any atom is 0.216 e. The molecule has 66 valence electrons. The molecule has 2 rings (SSSR count). The predicted octanol–water partition coefficient (Wildman–Crippen LogP) is 2.21. The van der Waals surface area contributed by atoms with E-state index in [1.807, 2.05) is 0 Å². The molecule has 0 fully saturated rings. The number of thiol groups is 1. The van der Waals surface area contributed by atoms with Gasteiger partial charge in [-0.05, 0) is 18.2 Å². The van der Waals surface area contributed by atoms with Gasteiger partial charge >= 0.3 is 0 Å². The normalized spacial score (nSPS) is 10.6. The van der Waals surface area contributed by atoms with E-state index < -0.39 is 0 Å². The molecule has 0 aliphatic carbocycles. The average Bonchev–Trinajstić information content (AvgIpc) is 2.42. The number of nitrogens with zero attached hydrogens (tertiary/aromatic N) is 1. The minimum absolute atomic E-state index is 0.268. The summed E-state index contributed by atoms with van der Waals surface area (Å²) >= 11 is 3.72. The van der Waals surface area contributed by atoms with Crippen LogP contribution >= 0.6 is 12.6 Å². The predicted molar refractivity (Wildman–Crippen MR) is 52.1 cm³/mol. The molecule has 0 N–H and O–H groups in total. The quantitative estimate of drug-likeness (QED) is 0.706. The lowest BCUT2D eigenvalue weighted by Gasteiger charge is -1.91. The third-order valence-electron chi connectivity index (χ3n) is 1.74. The van der Waals surface area contributed by atoms with Crippen molar-refractivity contribution in [1.29, 1.82) is 0 Å². The van der Waals surface area contributed by atoms with Gasteiger partial charge in [-0.3, -0.25) is 4.79 Å². The lowest BCUT2D eigenvalue weighted by Crippen LogP contribution is -1.86. The van der Waals surface area contributed by atoms with E-state index in [1.54, 1.807) is 25.1 Å². The highest BCUT2D eigenvalue weighted by Crippen LogP contribution is 2.17. The van der Waals surface area contributed by atoms with E-state index in [-0.39, 0.29) is 5.12 Å². The lowest BCUT2D eigenvalue weighted by molar-refractivity contribution is 0.109. The third-order valence-corrected chi connectivity index (χ3v) is 2.00. The highest BCUT2D eigenvalue weighted by molar-refractivity contribution is 7.97. The van der Waals surface area contributed by atoms with Crippen molar-refractivity contribution in [3.8, 4) is 0 Å². The molecule has 0 atom stereocenters. The molecule has 1 aromatic heterocycles. The number of benzene rings is 1. The van der Waals surface area contributed by atoms with Gasteiger partial charge in [0, 0.05) is 12.5 Å². The Bertz CT molecular complexity index is 475. The van der Waals surface area contributed by atoms with Crippen LogP contribution in [-0.4, -0.2) is 10.1 Å². The Labute approximate surface area is 80.2 Å². The first-order chi connectivity index (χ1) is 6.16. The number of aryl methyl sites for hydroxylation is 1. The fourth-order valence-corrected chi connectivity index (χ4v) is 1.31. The third kappa shape index (κ3) is 1.45. The highest BCUT2D eigenvalue weighted by atomic mass is 32.1. The van der Waals surface area contributed by atoms with Crippen LogP contribution in [0.15, 0.2) is 22.6 Å². The van der Waals surface area contributed by atoms with Gasteiger partial charge in [0.05, 0.1) is 0 Å². The van der Waals surface area contributed by atoms with Crippen LogP contribution in [0.4, 0.5) is 0 Å². The molecule has 0 saturated heterocycles. The van der Waals surface area contributed by atoms with Crippen LogP contribution < -0.4 is 0 Å². The zero-order valence-corrected chi connectivity index (χ0v) is 7.84. The molecule has 2 aromatic rings. The number of rotatable bonds is 1. The van der Waals surface area contributed by atoms with E-state index in [4.69, 9.17) is 4.42 Å². The van der Waals surface area contributed by atoms with Crippen molar-refractivity contribution in [2.24, 2.45) is 0 Å². The van der Waals surface area contributed by atoms with Crippen LogP contribution in [0.3, 0.4) is 0 Å². The van der Waals surface area contributed by atoms with Crippen molar-refractivity contribution in [1.82, 2.24) is 4.98 Å². The largest absolute Gasteiger partial charge is 0.441 e. The number of carbonyl (C=O) groups excluding carboxylic acids is 1. The molecule has 0 unspecified atom stereocenters. The molecule has 0 bridgehead atoms. The van der Waals surface area contributed by atoms with E-state index in [2.05, 4.69) is 17.6 Å². The van der Waals surface area contributed by atoms with Crippen molar-refractivity contribution < 1.29 is 9.21 Å². The molecule has 0 spiro atoms. The molecule has 0 amide bonds. The molecule has 1 aromatic carbocycles. The van der Waals surface area contributed by atoms with Gasteiger partial charge < -0.3 is 4.42 Å². The van der Waals surface area contributed by atoms with Crippen molar-refractivity contribution in [3.63, 3.8) is 0 Å². The number of carbonyl (C=O) groups is 1. The smallest absolute Gasteiger partial charge is 0.216 e. The summed E-state index contributed by atoms with van der Waals surface area (Å²) < 4.78 is 5.26. The number of aromatic nitrogens is 1. The van der Waals surface area contributed by atoms with Gasteiger partial charge in [0.25, 0.3) is 0 Å². The van der Waals surface area contributed by atoms with Crippen LogP contribution in [0.2, 0.25) is 0 Å². The molecule has 0 aliphatic rings. The maximum absolute atomic E-state index is 10.9. The Morgan fingerprint density at radius 2 is 2.31 bits per heavy atom. The summed E-state index contributed by atoms with van der Waals surface area (Å²) in [5.41, 5.74) is 1.90. The van der Waals surface area contributed by atoms with Gasteiger partial charge in [0.1, 0.15) is 5.52 Å². The van der Waals surface area contributed by atoms with Crippen LogP contribution in [0, 0.1) is 6.92 Å². The summed E-state index contributed by atoms with van der Waals surface area (Å²) in [6, 6.07) is 5.07. The van der Waals surface area contributed by atoms with Crippen LogP contribution in [-0.2, 0) is 0 Å². The molecule has 0 aliphatic heterocycles. The molecule has 3 nitrogen and oxygen atoms in total. The first-order valence-corrected chi connectivity index (χ1v) is 4.22. The van der Waals surface area contributed by atoms with Crippen molar-refractivity contribution >= 4 is 28.8 Å². The van der Waals surface area contributed by atoms with Crippen LogP contribution in [0.5, 0.6) is 0 Å². The maximum atomic E-state index is 10.9. The van der Waals surface area contributed by atoms with Crippen molar-refractivity contribution in [2.75, 3.05) is 0 Å². The molecule has 4 heteroatoms. The van der Waals surface area contributed by atoms with Gasteiger partial charge in [0.15, 0.2) is 11.5 Å². The number of fused-ring (bicyclic) bond motifs is 1. The van der Waals surface area contributed by atoms with Crippen LogP contribution in [0.25, 0.3) is 11.1 Å². The Balaban J connectivity index is 2.67. The van der Waals surface area contributed by atoms with Gasteiger partial charge in [-0.1, -0.05) is 0 Å². The summed E-state index contributed by atoms with van der Waals surface area (Å²) in [5, 5.41) is -0.268. The summed E-state index contributed by atoms with van der Waals surface area (Å²) in [6.45, 7) is 1.77. The van der Waals surface area contributed by atoms with E-state index in [1.165, 1.54) is 0 Å². The molecule has 0 saturated carbocycles. The number of hydrogen-bond acceptors (Lipinski definition) is 3. The van der Waals surface area contributed by atoms with E-state index in [0.717, 1.165) is 5.52 Å². The van der Waals surface area contributed by atoms with Gasteiger partial charge in [-0.2, -0.15) is 0 Å². The van der Waals surface area contributed by atoms with Gasteiger partial charge in [0.2, 0.25) is 5.12 Å². The molecule has 13 heavy (non-hydrogen) atoms. The van der Waals surface area contributed by atoms with Crippen molar-refractivity contribution in [2.45, 2.75) is 6.92 Å². The minimum atomic E-state index is -0.268. The summed E-state index contributed by atoms with van der Waals surface area (Å²) in [7, 11) is 0. The zero-order valence-electron chi connectivity index (χ0n) is 6.94. The standard InChI is InChI=1S/C9H7NO2S/c1-5-10-7-3-2-6(9(11)13)4-8(7)12-5/h2-4H,1H3,(H,11,13). The van der Waals surface area contributed by atoms with E-state index in [9.17, 15) is 4.79 Å². The first-order valence-electron chi connectivity index (χ1n) is 3.77. The molecule has 0 radical (unpaired) electrons. The topological polar surface area (TPSA) is 43.1 Å². The zero-order chi connectivity index (χ0) is 9.42. The second kappa shape index (κ2) is 2.88. The molecular weight excluding hydrogens is 186 g/mol. The van der Waals surface area contributed by atoms with Crippen molar-refractivity contribution in [3.05, 3.63) is 29.7 Å². The highest BCUT2D eigenvalue weighted by Gasteiger charge is 2.05. The van der Waals surface area contributed by atoms with Gasteiger partial charge in [-0.25, -0.2) is 4.98 Å². The second-order valence-electron chi connectivity index (χ2n) is 2.72. The SMILES string of the molecule is Cc1nc2ccc(C(=O)S)cc2o1. The Morgan fingerprint density at radius 3 is 3.00 bits per heavy atom. The summed E-state index contributed by atoms with van der Waals surface area (Å²) in [5.74, 6) is 0.596. The fourth-order valence-electron chi connectivity index (χ4n) is 1.17. The summed E-state index contributed by atoms with van der Waals surface area (Å²) in [6.07, 6.45) is 0. The Hall–Kier alpha value is -1.29. The first kappa shape index (κ1) is 8.31. The fraction of sp³-hybridized carbons (Fsp3) is 0.111. The van der Waals surface area contributed by atoms with Gasteiger partial charge in [-0.15, -0.1) is 12.6 Å². The molecular formula is C9H7NO2S. The Morgan fingerprint density at radius 1 is 1.54 bits per heavy atom. The monoisotopic (exact) mass is 193 g/mol. The number of hydrogen-bond donors (Lipinski definition) is 1. The van der Waals surface area contributed by atoms with E-state index in [0.29, 0.717) is 17.0 Å². The molecule has 1 heterocycles. The Kier molecular flexibility index (Phi) is 1.84. The lowest BCUT2D eigenvalue weighted by atomic mass is 10.2. The van der Waals surface area contributed by atoms with E-state index >= 15 is 0 Å². The number of oxazole rings is 1. The van der Waals surface area contributed by atoms with Crippen LogP contribution in [0.1, 0.15) is 16.2 Å². The second-order valence-corrected chi connectivity index (χ2v) is 3.13. The minimum Gasteiger partial charge on any atom is -0.441 e. The average molecular weight is 193 g/mol.